The molecule has 1 unspecified atom stereocenters. The number of anilines is 1. The Bertz CT molecular complexity index is 674. The predicted molar refractivity (Wildman–Crippen MR) is 97.0 cm³/mol. The predicted octanol–water partition coefficient (Wildman–Crippen LogP) is 5.41. The second-order valence-corrected chi connectivity index (χ2v) is 6.75. The SMILES string of the molecule is S=C1N=NC(CCSc2ccc(Cl)cc2)N1c1ccccc1. The van der Waals surface area contributed by atoms with Crippen molar-refractivity contribution in [3.05, 3.63) is 59.6 Å². The summed E-state index contributed by atoms with van der Waals surface area (Å²) in [5, 5.41) is 9.66. The van der Waals surface area contributed by atoms with Gasteiger partial charge in [0.15, 0.2) is 0 Å². The molecule has 1 atom stereocenters. The van der Waals surface area contributed by atoms with Crippen LogP contribution in [0.5, 0.6) is 0 Å². The number of hydrogen-bond donors (Lipinski definition) is 0. The number of para-hydroxylation sites is 1. The first-order valence-corrected chi connectivity index (χ1v) is 8.69. The number of thiocarbonyl (C=S) groups is 1. The van der Waals surface area contributed by atoms with E-state index in [2.05, 4.69) is 10.2 Å². The van der Waals surface area contributed by atoms with Gasteiger partial charge in [-0.05, 0) is 55.0 Å². The highest BCUT2D eigenvalue weighted by Crippen LogP contribution is 2.28. The Kier molecular flexibility index (Phi) is 5.08. The topological polar surface area (TPSA) is 28.0 Å². The highest BCUT2D eigenvalue weighted by atomic mass is 35.5. The minimum Gasteiger partial charge on any atom is -0.291 e. The van der Waals surface area contributed by atoms with Gasteiger partial charge < -0.3 is 0 Å². The molecule has 6 heteroatoms. The van der Waals surface area contributed by atoms with E-state index in [-0.39, 0.29) is 6.17 Å². The van der Waals surface area contributed by atoms with E-state index in [9.17, 15) is 0 Å². The maximum Gasteiger partial charge on any atom is 0.222 e. The molecule has 0 spiro atoms. The van der Waals surface area contributed by atoms with Gasteiger partial charge in [-0.3, -0.25) is 4.90 Å². The molecule has 112 valence electrons. The molecule has 1 aliphatic rings. The van der Waals surface area contributed by atoms with Crippen LogP contribution < -0.4 is 4.90 Å². The van der Waals surface area contributed by atoms with Crippen LogP contribution in [0.25, 0.3) is 0 Å². The van der Waals surface area contributed by atoms with Crippen molar-refractivity contribution in [2.24, 2.45) is 10.2 Å². The van der Waals surface area contributed by atoms with Gasteiger partial charge >= 0.3 is 0 Å². The lowest BCUT2D eigenvalue weighted by molar-refractivity contribution is 0.685. The van der Waals surface area contributed by atoms with Crippen molar-refractivity contribution in [1.29, 1.82) is 0 Å². The fourth-order valence-corrected chi connectivity index (χ4v) is 3.51. The van der Waals surface area contributed by atoms with Crippen molar-refractivity contribution in [1.82, 2.24) is 0 Å². The third-order valence-corrected chi connectivity index (χ3v) is 4.85. The summed E-state index contributed by atoms with van der Waals surface area (Å²) in [7, 11) is 0. The molecular weight excluding hydrogens is 334 g/mol. The minimum absolute atomic E-state index is 0.0188. The molecule has 0 fully saturated rings. The van der Waals surface area contributed by atoms with Gasteiger partial charge in [0.1, 0.15) is 6.17 Å². The van der Waals surface area contributed by atoms with Gasteiger partial charge in [0, 0.05) is 21.4 Å². The van der Waals surface area contributed by atoms with Crippen LogP contribution in [-0.2, 0) is 0 Å². The standard InChI is InChI=1S/C16H14ClN3S2/c17-12-6-8-14(9-7-12)22-11-10-15-18-19-16(21)20(15)13-4-2-1-3-5-13/h1-9,15H,10-11H2. The minimum atomic E-state index is -0.0188. The number of benzene rings is 2. The molecule has 1 heterocycles. The summed E-state index contributed by atoms with van der Waals surface area (Å²) in [5.74, 6) is 0.942. The Balaban J connectivity index is 1.60. The third-order valence-electron chi connectivity index (χ3n) is 3.27. The maximum atomic E-state index is 5.89. The summed E-state index contributed by atoms with van der Waals surface area (Å²) in [4.78, 5) is 3.21. The van der Waals surface area contributed by atoms with Gasteiger partial charge in [0.05, 0.1) is 0 Å². The van der Waals surface area contributed by atoms with Crippen LogP contribution in [0.15, 0.2) is 69.7 Å². The first kappa shape index (κ1) is 15.5. The number of hydrogen-bond acceptors (Lipinski definition) is 3. The van der Waals surface area contributed by atoms with Crippen molar-refractivity contribution in [3.8, 4) is 0 Å². The number of rotatable bonds is 5. The number of thioether (sulfide) groups is 1. The summed E-state index contributed by atoms with van der Waals surface area (Å²) in [6.45, 7) is 0. The van der Waals surface area contributed by atoms with Gasteiger partial charge in [-0.1, -0.05) is 29.8 Å². The molecule has 0 saturated heterocycles. The van der Waals surface area contributed by atoms with Crippen LogP contribution in [0.3, 0.4) is 0 Å². The summed E-state index contributed by atoms with van der Waals surface area (Å²) < 4.78 is 0. The monoisotopic (exact) mass is 347 g/mol. The largest absolute Gasteiger partial charge is 0.291 e. The normalized spacial score (nSPS) is 17.2. The van der Waals surface area contributed by atoms with E-state index >= 15 is 0 Å². The molecule has 0 saturated carbocycles. The van der Waals surface area contributed by atoms with Crippen LogP contribution in [0, 0.1) is 0 Å². The van der Waals surface area contributed by atoms with Crippen molar-refractivity contribution >= 4 is 46.4 Å². The number of nitrogens with zero attached hydrogens (tertiary/aromatic N) is 3. The Hall–Kier alpha value is -1.43. The molecule has 0 radical (unpaired) electrons. The average molecular weight is 348 g/mol. The van der Waals surface area contributed by atoms with Crippen molar-refractivity contribution in [2.75, 3.05) is 10.7 Å². The van der Waals surface area contributed by atoms with Gasteiger partial charge in [-0.2, -0.15) is 5.11 Å². The molecule has 2 aromatic carbocycles. The van der Waals surface area contributed by atoms with E-state index in [1.165, 1.54) is 4.90 Å². The molecule has 22 heavy (non-hydrogen) atoms. The first-order valence-electron chi connectivity index (χ1n) is 6.91. The Morgan fingerprint density at radius 1 is 1.09 bits per heavy atom. The van der Waals surface area contributed by atoms with Crippen LogP contribution in [0.4, 0.5) is 5.69 Å². The molecule has 2 aromatic rings. The number of azo groups is 1. The van der Waals surface area contributed by atoms with Crippen LogP contribution in [-0.4, -0.2) is 17.0 Å². The zero-order chi connectivity index (χ0) is 15.4. The smallest absolute Gasteiger partial charge is 0.222 e. The van der Waals surface area contributed by atoms with E-state index in [0.717, 1.165) is 22.9 Å². The summed E-state index contributed by atoms with van der Waals surface area (Å²) in [6, 6.07) is 17.9. The van der Waals surface area contributed by atoms with Crippen molar-refractivity contribution < 1.29 is 0 Å². The fourth-order valence-electron chi connectivity index (χ4n) is 2.21. The van der Waals surface area contributed by atoms with Crippen molar-refractivity contribution in [3.63, 3.8) is 0 Å². The quantitative estimate of drug-likeness (QED) is 0.535. The van der Waals surface area contributed by atoms with Gasteiger partial charge in [0.25, 0.3) is 0 Å². The van der Waals surface area contributed by atoms with E-state index in [1.54, 1.807) is 11.8 Å². The highest BCUT2D eigenvalue weighted by Gasteiger charge is 2.27. The van der Waals surface area contributed by atoms with E-state index in [0.29, 0.717) is 5.11 Å². The lowest BCUT2D eigenvalue weighted by Crippen LogP contribution is -2.33. The van der Waals surface area contributed by atoms with Gasteiger partial charge in [0.2, 0.25) is 5.11 Å². The lowest BCUT2D eigenvalue weighted by atomic mass is 10.2. The van der Waals surface area contributed by atoms with Crippen LogP contribution in [0.1, 0.15) is 6.42 Å². The molecule has 0 aromatic heterocycles. The number of halogens is 1. The maximum absolute atomic E-state index is 5.89. The van der Waals surface area contributed by atoms with E-state index in [1.807, 2.05) is 59.5 Å². The summed E-state index contributed by atoms with van der Waals surface area (Å²) in [5.41, 5.74) is 1.04. The molecular formula is C16H14ClN3S2. The lowest BCUT2D eigenvalue weighted by Gasteiger charge is -2.22. The molecule has 0 bridgehead atoms. The second-order valence-electron chi connectivity index (χ2n) is 4.78. The first-order chi connectivity index (χ1) is 10.7. The van der Waals surface area contributed by atoms with E-state index in [4.69, 9.17) is 23.8 Å². The highest BCUT2D eigenvalue weighted by molar-refractivity contribution is 7.99. The average Bonchev–Trinajstić information content (AvgIpc) is 2.91. The summed E-state index contributed by atoms with van der Waals surface area (Å²) in [6.07, 6.45) is 0.862. The second kappa shape index (κ2) is 7.22. The zero-order valence-corrected chi connectivity index (χ0v) is 14.1. The molecule has 3 rings (SSSR count). The van der Waals surface area contributed by atoms with Crippen LogP contribution >= 0.6 is 35.6 Å². The Morgan fingerprint density at radius 2 is 1.82 bits per heavy atom. The molecule has 0 N–H and O–H groups in total. The molecule has 3 nitrogen and oxygen atoms in total. The van der Waals surface area contributed by atoms with E-state index < -0.39 is 0 Å². The fraction of sp³-hybridized carbons (Fsp3) is 0.188. The van der Waals surface area contributed by atoms with Gasteiger partial charge in [-0.15, -0.1) is 16.9 Å². The molecule has 0 amide bonds. The van der Waals surface area contributed by atoms with Gasteiger partial charge in [-0.25, -0.2) is 0 Å². The zero-order valence-electron chi connectivity index (χ0n) is 11.7. The van der Waals surface area contributed by atoms with Crippen molar-refractivity contribution in [2.45, 2.75) is 17.5 Å². The molecule has 0 aliphatic carbocycles. The summed E-state index contributed by atoms with van der Waals surface area (Å²) >= 11 is 13.0. The Labute approximate surface area is 144 Å². The Morgan fingerprint density at radius 3 is 2.55 bits per heavy atom. The third kappa shape index (κ3) is 3.66. The molecule has 1 aliphatic heterocycles. The van der Waals surface area contributed by atoms with Crippen LogP contribution in [0.2, 0.25) is 5.02 Å².